The van der Waals surface area contributed by atoms with Crippen molar-refractivity contribution in [3.05, 3.63) is 36.4 Å². The van der Waals surface area contributed by atoms with E-state index in [9.17, 15) is 4.79 Å². The highest BCUT2D eigenvalue weighted by atomic mass is 16.1. The van der Waals surface area contributed by atoms with Crippen molar-refractivity contribution in [1.82, 2.24) is 0 Å². The second-order valence-corrected chi connectivity index (χ2v) is 4.14. The fourth-order valence-electron chi connectivity index (χ4n) is 1.88. The predicted molar refractivity (Wildman–Crippen MR) is 66.0 cm³/mol. The number of anilines is 2. The molecule has 1 atom stereocenters. The summed E-state index contributed by atoms with van der Waals surface area (Å²) in [6.45, 7) is 0. The summed E-state index contributed by atoms with van der Waals surface area (Å²) in [6, 6.07) is 7.20. The highest BCUT2D eigenvalue weighted by Crippen LogP contribution is 2.21. The van der Waals surface area contributed by atoms with Crippen molar-refractivity contribution in [3.63, 3.8) is 0 Å². The Morgan fingerprint density at radius 3 is 2.75 bits per heavy atom. The zero-order chi connectivity index (χ0) is 11.4. The molecule has 0 aromatic heterocycles. The van der Waals surface area contributed by atoms with E-state index in [2.05, 4.69) is 17.5 Å². The van der Waals surface area contributed by atoms with E-state index in [-0.39, 0.29) is 5.91 Å². The fourth-order valence-corrected chi connectivity index (χ4v) is 1.88. The maximum Gasteiger partial charge on any atom is 0.224 e. The van der Waals surface area contributed by atoms with Crippen LogP contribution in [0.3, 0.4) is 0 Å². The Morgan fingerprint density at radius 2 is 2.12 bits per heavy atom. The van der Waals surface area contributed by atoms with Gasteiger partial charge < -0.3 is 11.1 Å². The fraction of sp³-hybridized carbons (Fsp3) is 0.308. The van der Waals surface area contributed by atoms with Crippen molar-refractivity contribution < 1.29 is 4.79 Å². The van der Waals surface area contributed by atoms with Gasteiger partial charge in [0.25, 0.3) is 0 Å². The highest BCUT2D eigenvalue weighted by Gasteiger charge is 2.13. The van der Waals surface area contributed by atoms with Crippen LogP contribution in [0.2, 0.25) is 0 Å². The molecule has 3 N–H and O–H groups in total. The molecule has 1 amide bonds. The quantitative estimate of drug-likeness (QED) is 0.602. The van der Waals surface area contributed by atoms with Crippen LogP contribution < -0.4 is 11.1 Å². The van der Waals surface area contributed by atoms with Crippen LogP contribution in [-0.4, -0.2) is 5.91 Å². The standard InChI is InChI=1S/C13H16N2O/c14-11-5-7-12(8-6-11)15-13(16)9-10-3-1-2-4-10/h1,3,5-8,10H,2,4,9,14H2,(H,15,16). The maximum absolute atomic E-state index is 11.7. The van der Waals surface area contributed by atoms with E-state index in [1.165, 1.54) is 0 Å². The minimum absolute atomic E-state index is 0.0707. The van der Waals surface area contributed by atoms with Crippen LogP contribution in [0, 0.1) is 5.92 Å². The second kappa shape index (κ2) is 4.84. The van der Waals surface area contributed by atoms with Crippen LogP contribution in [0.5, 0.6) is 0 Å². The van der Waals surface area contributed by atoms with Gasteiger partial charge in [-0.2, -0.15) is 0 Å². The Bertz CT molecular complexity index is 395. The molecule has 0 bridgehead atoms. The topological polar surface area (TPSA) is 55.1 Å². The number of allylic oxidation sites excluding steroid dienone is 2. The van der Waals surface area contributed by atoms with Gasteiger partial charge in [0, 0.05) is 17.8 Å². The minimum atomic E-state index is 0.0707. The summed E-state index contributed by atoms with van der Waals surface area (Å²) in [5.41, 5.74) is 7.08. The molecule has 0 heterocycles. The lowest BCUT2D eigenvalue weighted by atomic mass is 10.1. The largest absolute Gasteiger partial charge is 0.399 e. The first kappa shape index (κ1) is 10.7. The lowest BCUT2D eigenvalue weighted by Gasteiger charge is -2.08. The molecule has 1 aliphatic carbocycles. The molecule has 3 heteroatoms. The van der Waals surface area contributed by atoms with Gasteiger partial charge in [-0.3, -0.25) is 4.79 Å². The molecule has 0 radical (unpaired) electrons. The molecule has 1 unspecified atom stereocenters. The van der Waals surface area contributed by atoms with Crippen molar-refractivity contribution in [2.24, 2.45) is 5.92 Å². The first-order valence-corrected chi connectivity index (χ1v) is 5.56. The van der Waals surface area contributed by atoms with Crippen molar-refractivity contribution in [2.75, 3.05) is 11.1 Å². The molecule has 1 aromatic carbocycles. The van der Waals surface area contributed by atoms with E-state index < -0.39 is 0 Å². The highest BCUT2D eigenvalue weighted by molar-refractivity contribution is 5.91. The van der Waals surface area contributed by atoms with Crippen LogP contribution in [-0.2, 0) is 4.79 Å². The van der Waals surface area contributed by atoms with Crippen LogP contribution in [0.25, 0.3) is 0 Å². The van der Waals surface area contributed by atoms with Gasteiger partial charge in [-0.15, -0.1) is 0 Å². The van der Waals surface area contributed by atoms with Gasteiger partial charge in [-0.1, -0.05) is 12.2 Å². The first-order valence-electron chi connectivity index (χ1n) is 5.56. The number of carbonyl (C=O) groups is 1. The van der Waals surface area contributed by atoms with Gasteiger partial charge in [0.05, 0.1) is 0 Å². The molecule has 0 aliphatic heterocycles. The van der Waals surface area contributed by atoms with Crippen molar-refractivity contribution in [3.8, 4) is 0 Å². The molecule has 0 spiro atoms. The Morgan fingerprint density at radius 1 is 1.38 bits per heavy atom. The van der Waals surface area contributed by atoms with E-state index >= 15 is 0 Å². The van der Waals surface area contributed by atoms with Gasteiger partial charge in [0.15, 0.2) is 0 Å². The molecule has 2 rings (SSSR count). The smallest absolute Gasteiger partial charge is 0.224 e. The number of nitrogens with two attached hydrogens (primary N) is 1. The Balaban J connectivity index is 1.86. The van der Waals surface area contributed by atoms with E-state index in [4.69, 9.17) is 5.73 Å². The number of hydrogen-bond acceptors (Lipinski definition) is 2. The molecule has 1 aliphatic rings. The van der Waals surface area contributed by atoms with Crippen LogP contribution in [0.15, 0.2) is 36.4 Å². The van der Waals surface area contributed by atoms with Crippen molar-refractivity contribution in [1.29, 1.82) is 0 Å². The minimum Gasteiger partial charge on any atom is -0.399 e. The zero-order valence-electron chi connectivity index (χ0n) is 9.15. The normalized spacial score (nSPS) is 18.6. The molecule has 16 heavy (non-hydrogen) atoms. The van der Waals surface area contributed by atoms with Gasteiger partial charge in [0.1, 0.15) is 0 Å². The third-order valence-corrected chi connectivity index (χ3v) is 2.75. The molecule has 1 aromatic rings. The maximum atomic E-state index is 11.7. The molecule has 0 saturated carbocycles. The summed E-state index contributed by atoms with van der Waals surface area (Å²) < 4.78 is 0. The van der Waals surface area contributed by atoms with Gasteiger partial charge in [-0.05, 0) is 43.0 Å². The Hall–Kier alpha value is -1.77. The summed E-state index contributed by atoms with van der Waals surface area (Å²) >= 11 is 0. The summed E-state index contributed by atoms with van der Waals surface area (Å²) in [7, 11) is 0. The third-order valence-electron chi connectivity index (χ3n) is 2.75. The number of rotatable bonds is 3. The van der Waals surface area contributed by atoms with Crippen molar-refractivity contribution in [2.45, 2.75) is 19.3 Å². The van der Waals surface area contributed by atoms with E-state index in [1.807, 2.05) is 12.1 Å². The summed E-state index contributed by atoms with van der Waals surface area (Å²) in [6.07, 6.45) is 7.03. The predicted octanol–water partition coefficient (Wildman–Crippen LogP) is 2.56. The molecule has 84 valence electrons. The summed E-state index contributed by atoms with van der Waals surface area (Å²) in [5, 5.41) is 2.87. The zero-order valence-corrected chi connectivity index (χ0v) is 9.15. The number of benzene rings is 1. The average molecular weight is 216 g/mol. The number of nitrogen functional groups attached to an aromatic ring is 1. The number of nitrogens with one attached hydrogen (secondary N) is 1. The number of carbonyl (C=O) groups excluding carboxylic acids is 1. The van der Waals surface area contributed by atoms with E-state index in [1.54, 1.807) is 12.1 Å². The number of hydrogen-bond donors (Lipinski definition) is 2. The van der Waals surface area contributed by atoms with Crippen LogP contribution >= 0.6 is 0 Å². The lowest BCUT2D eigenvalue weighted by Crippen LogP contribution is -2.14. The van der Waals surface area contributed by atoms with Crippen molar-refractivity contribution >= 4 is 17.3 Å². The number of amides is 1. The molecule has 0 fully saturated rings. The van der Waals surface area contributed by atoms with Crippen LogP contribution in [0.1, 0.15) is 19.3 Å². The Kier molecular flexibility index (Phi) is 3.25. The summed E-state index contributed by atoms with van der Waals surface area (Å²) in [5.74, 6) is 0.482. The van der Waals surface area contributed by atoms with E-state index in [0.29, 0.717) is 18.0 Å². The monoisotopic (exact) mass is 216 g/mol. The average Bonchev–Trinajstić information content (AvgIpc) is 2.74. The molecular formula is C13H16N2O. The lowest BCUT2D eigenvalue weighted by molar-refractivity contribution is -0.116. The molecule has 0 saturated heterocycles. The van der Waals surface area contributed by atoms with Gasteiger partial charge in [0.2, 0.25) is 5.91 Å². The Labute approximate surface area is 95.3 Å². The second-order valence-electron chi connectivity index (χ2n) is 4.14. The first-order chi connectivity index (χ1) is 7.74. The van der Waals surface area contributed by atoms with Crippen LogP contribution in [0.4, 0.5) is 11.4 Å². The summed E-state index contributed by atoms with van der Waals surface area (Å²) in [4.78, 5) is 11.7. The molecule has 3 nitrogen and oxygen atoms in total. The van der Waals surface area contributed by atoms with E-state index in [0.717, 1.165) is 18.5 Å². The molecular weight excluding hydrogens is 200 g/mol. The van der Waals surface area contributed by atoms with Gasteiger partial charge in [-0.25, -0.2) is 0 Å². The van der Waals surface area contributed by atoms with Gasteiger partial charge >= 0.3 is 0 Å². The third kappa shape index (κ3) is 2.86. The SMILES string of the molecule is Nc1ccc(NC(=O)CC2C=CCC2)cc1.